The number of nitrogens with zero attached hydrogens (tertiary/aromatic N) is 2. The highest BCUT2D eigenvalue weighted by molar-refractivity contribution is 6.37. The average Bonchev–Trinajstić information content (AvgIpc) is 2.86. The quantitative estimate of drug-likeness (QED) is 0.351. The molecule has 0 aromatic heterocycles. The van der Waals surface area contributed by atoms with E-state index in [-0.39, 0.29) is 18.4 Å². The monoisotopic (exact) mass is 516 g/mol. The van der Waals surface area contributed by atoms with Crippen molar-refractivity contribution in [1.82, 2.24) is 4.90 Å². The van der Waals surface area contributed by atoms with Crippen molar-refractivity contribution in [3.05, 3.63) is 70.2 Å². The minimum absolute atomic E-state index is 0. The summed E-state index contributed by atoms with van der Waals surface area (Å²) in [4.78, 5) is 4.99. The smallest absolute Gasteiger partial charge is 0.138 e. The molecular formula is C29H38Cl2N2O2. The molecule has 0 aliphatic carbocycles. The number of fused-ring (bicyclic) bond motifs is 1. The molecule has 4 rings (SSSR count). The number of aliphatic hydroxyl groups is 1. The standard InChI is InChI=1S/C29H37ClN2O2.ClH/c1-5-6-9-26(32-17-15-31(16-18-32)25-10-7-8-20(2)21(25)3)29(33)23-11-13-24-22(19-23)12-14-27(34-4)28(24)30;/h7-8,10-14,19,26,29,33H,5-6,9,15-18H2,1-4H3;1H. The van der Waals surface area contributed by atoms with Crippen molar-refractivity contribution < 1.29 is 9.84 Å². The Morgan fingerprint density at radius 1 is 1.03 bits per heavy atom. The van der Waals surface area contributed by atoms with Crippen LogP contribution in [0.4, 0.5) is 5.69 Å². The molecule has 1 fully saturated rings. The molecule has 0 spiro atoms. The lowest BCUT2D eigenvalue weighted by Gasteiger charge is -2.42. The number of aliphatic hydroxyl groups excluding tert-OH is 1. The first-order valence-electron chi connectivity index (χ1n) is 12.4. The fourth-order valence-electron chi connectivity index (χ4n) is 5.18. The number of hydrogen-bond donors (Lipinski definition) is 1. The lowest BCUT2D eigenvalue weighted by atomic mass is 9.94. The summed E-state index contributed by atoms with van der Waals surface area (Å²) in [7, 11) is 1.63. The Morgan fingerprint density at radius 2 is 1.77 bits per heavy atom. The van der Waals surface area contributed by atoms with Gasteiger partial charge in [-0.25, -0.2) is 0 Å². The normalized spacial score (nSPS) is 16.1. The molecule has 0 amide bonds. The molecule has 0 saturated carbocycles. The number of aryl methyl sites for hydroxylation is 1. The number of ether oxygens (including phenoxy) is 1. The summed E-state index contributed by atoms with van der Waals surface area (Å²) in [5.74, 6) is 0.671. The number of anilines is 1. The highest BCUT2D eigenvalue weighted by Gasteiger charge is 2.30. The van der Waals surface area contributed by atoms with Crippen LogP contribution in [0.1, 0.15) is 49.0 Å². The molecular weight excluding hydrogens is 479 g/mol. The van der Waals surface area contributed by atoms with Gasteiger partial charge < -0.3 is 14.7 Å². The van der Waals surface area contributed by atoms with E-state index in [1.54, 1.807) is 7.11 Å². The fourth-order valence-corrected chi connectivity index (χ4v) is 5.49. The van der Waals surface area contributed by atoms with Crippen molar-refractivity contribution in [2.24, 2.45) is 0 Å². The van der Waals surface area contributed by atoms with E-state index in [2.05, 4.69) is 54.8 Å². The zero-order chi connectivity index (χ0) is 24.2. The number of piperazine rings is 1. The van der Waals surface area contributed by atoms with E-state index in [0.717, 1.165) is 61.8 Å². The van der Waals surface area contributed by atoms with Crippen LogP contribution in [0.3, 0.4) is 0 Å². The maximum absolute atomic E-state index is 11.5. The molecule has 4 nitrogen and oxygen atoms in total. The van der Waals surface area contributed by atoms with Gasteiger partial charge in [-0.05, 0) is 60.5 Å². The van der Waals surface area contributed by atoms with Gasteiger partial charge in [-0.1, -0.05) is 61.7 Å². The topological polar surface area (TPSA) is 35.9 Å². The molecule has 1 N–H and O–H groups in total. The number of unbranched alkanes of at least 4 members (excludes halogenated alkanes) is 1. The third-order valence-electron chi connectivity index (χ3n) is 7.42. The molecule has 3 aromatic carbocycles. The molecule has 190 valence electrons. The van der Waals surface area contributed by atoms with E-state index < -0.39 is 6.10 Å². The van der Waals surface area contributed by atoms with Crippen molar-refractivity contribution in [2.45, 2.75) is 52.2 Å². The second kappa shape index (κ2) is 12.3. The van der Waals surface area contributed by atoms with Crippen LogP contribution in [-0.4, -0.2) is 49.3 Å². The fraction of sp³-hybridized carbons (Fsp3) is 0.448. The molecule has 3 aromatic rings. The van der Waals surface area contributed by atoms with Gasteiger partial charge in [0.05, 0.1) is 18.2 Å². The van der Waals surface area contributed by atoms with Crippen molar-refractivity contribution in [1.29, 1.82) is 0 Å². The minimum Gasteiger partial charge on any atom is -0.495 e. The average molecular weight is 518 g/mol. The highest BCUT2D eigenvalue weighted by atomic mass is 35.5. The maximum atomic E-state index is 11.5. The predicted octanol–water partition coefficient (Wildman–Crippen LogP) is 6.95. The Bertz CT molecular complexity index is 1130. The first-order valence-corrected chi connectivity index (χ1v) is 12.8. The van der Waals surface area contributed by atoms with Gasteiger partial charge in [0.25, 0.3) is 0 Å². The van der Waals surface area contributed by atoms with E-state index in [4.69, 9.17) is 16.3 Å². The van der Waals surface area contributed by atoms with Gasteiger partial charge in [-0.15, -0.1) is 12.4 Å². The number of methoxy groups -OCH3 is 1. The highest BCUT2D eigenvalue weighted by Crippen LogP contribution is 2.35. The van der Waals surface area contributed by atoms with Crippen LogP contribution in [0.25, 0.3) is 10.8 Å². The first kappa shape index (κ1) is 27.6. The van der Waals surface area contributed by atoms with Gasteiger partial charge in [0, 0.05) is 43.3 Å². The van der Waals surface area contributed by atoms with E-state index in [0.29, 0.717) is 10.8 Å². The molecule has 1 saturated heterocycles. The Labute approximate surface area is 221 Å². The number of benzene rings is 3. The number of halogens is 2. The van der Waals surface area contributed by atoms with Crippen LogP contribution in [0, 0.1) is 13.8 Å². The van der Waals surface area contributed by atoms with Crippen molar-refractivity contribution in [2.75, 3.05) is 38.2 Å². The Kier molecular flexibility index (Phi) is 9.71. The summed E-state index contributed by atoms with van der Waals surface area (Å²) in [6, 6.07) is 16.7. The van der Waals surface area contributed by atoms with E-state index in [1.165, 1.54) is 16.8 Å². The molecule has 2 atom stereocenters. The molecule has 2 unspecified atom stereocenters. The van der Waals surface area contributed by atoms with E-state index >= 15 is 0 Å². The van der Waals surface area contributed by atoms with Gasteiger partial charge in [-0.3, -0.25) is 4.90 Å². The summed E-state index contributed by atoms with van der Waals surface area (Å²) < 4.78 is 5.36. The largest absolute Gasteiger partial charge is 0.495 e. The van der Waals surface area contributed by atoms with Gasteiger partial charge in [0.1, 0.15) is 5.75 Å². The Hall–Kier alpha value is -1.98. The zero-order valence-electron chi connectivity index (χ0n) is 21.3. The number of rotatable bonds is 8. The third kappa shape index (κ3) is 5.89. The maximum Gasteiger partial charge on any atom is 0.138 e. The van der Waals surface area contributed by atoms with Crippen LogP contribution in [0.5, 0.6) is 5.75 Å². The Morgan fingerprint density at radius 3 is 2.46 bits per heavy atom. The van der Waals surface area contributed by atoms with Crippen molar-refractivity contribution >= 4 is 40.5 Å². The third-order valence-corrected chi connectivity index (χ3v) is 7.81. The van der Waals surface area contributed by atoms with Crippen LogP contribution < -0.4 is 9.64 Å². The molecule has 1 heterocycles. The van der Waals surface area contributed by atoms with E-state index in [9.17, 15) is 5.11 Å². The Balaban J connectivity index is 0.00000342. The first-order chi connectivity index (χ1) is 16.4. The lowest BCUT2D eigenvalue weighted by molar-refractivity contribution is 0.0386. The second-order valence-electron chi connectivity index (χ2n) is 9.46. The molecule has 0 bridgehead atoms. The molecule has 1 aliphatic rings. The predicted molar refractivity (Wildman–Crippen MR) is 151 cm³/mol. The minimum atomic E-state index is -0.538. The van der Waals surface area contributed by atoms with E-state index in [1.807, 2.05) is 24.3 Å². The van der Waals surface area contributed by atoms with Crippen LogP contribution in [0.2, 0.25) is 5.02 Å². The van der Waals surface area contributed by atoms with Crippen LogP contribution in [-0.2, 0) is 0 Å². The summed E-state index contributed by atoms with van der Waals surface area (Å²) >= 11 is 6.51. The van der Waals surface area contributed by atoms with Crippen LogP contribution in [0.15, 0.2) is 48.5 Å². The second-order valence-corrected chi connectivity index (χ2v) is 9.84. The SMILES string of the molecule is CCCCC(C(O)c1ccc2c(Cl)c(OC)ccc2c1)N1CCN(c2cccc(C)c2C)CC1.Cl. The molecule has 0 radical (unpaired) electrons. The summed E-state index contributed by atoms with van der Waals surface area (Å²) in [5.41, 5.74) is 4.99. The molecule has 1 aliphatic heterocycles. The molecule has 6 heteroatoms. The van der Waals surface area contributed by atoms with Gasteiger partial charge in [0.2, 0.25) is 0 Å². The zero-order valence-corrected chi connectivity index (χ0v) is 22.8. The lowest BCUT2D eigenvalue weighted by Crippen LogP contribution is -2.52. The summed E-state index contributed by atoms with van der Waals surface area (Å²) in [6.07, 6.45) is 2.68. The summed E-state index contributed by atoms with van der Waals surface area (Å²) in [5, 5.41) is 14.1. The number of hydrogen-bond acceptors (Lipinski definition) is 4. The van der Waals surface area contributed by atoms with Gasteiger partial charge in [0.15, 0.2) is 0 Å². The van der Waals surface area contributed by atoms with Gasteiger partial charge >= 0.3 is 0 Å². The van der Waals surface area contributed by atoms with Gasteiger partial charge in [-0.2, -0.15) is 0 Å². The molecule has 35 heavy (non-hydrogen) atoms. The van der Waals surface area contributed by atoms with Crippen molar-refractivity contribution in [3.63, 3.8) is 0 Å². The summed E-state index contributed by atoms with van der Waals surface area (Å²) in [6.45, 7) is 10.5. The van der Waals surface area contributed by atoms with Crippen LogP contribution >= 0.6 is 24.0 Å². The van der Waals surface area contributed by atoms with Crippen molar-refractivity contribution in [3.8, 4) is 5.75 Å².